The fourth-order valence-corrected chi connectivity index (χ4v) is 1.78. The fourth-order valence-electron chi connectivity index (χ4n) is 1.78. The van der Waals surface area contributed by atoms with Gasteiger partial charge in [-0.05, 0) is 30.0 Å². The lowest BCUT2D eigenvalue weighted by molar-refractivity contribution is -0.124. The van der Waals surface area contributed by atoms with Crippen molar-refractivity contribution < 1.29 is 9.53 Å². The normalized spacial score (nSPS) is 16.2. The molecule has 2 rings (SSSR count). The minimum atomic E-state index is 0.381. The largest absolute Gasteiger partial charge is 0.494 e. The number of ketones is 1. The van der Waals surface area contributed by atoms with E-state index in [1.165, 1.54) is 5.56 Å². The monoisotopic (exact) mass is 204 g/mol. The van der Waals surface area contributed by atoms with E-state index in [0.29, 0.717) is 11.7 Å². The number of hydrogen-bond donors (Lipinski definition) is 0. The third-order valence-corrected chi connectivity index (χ3v) is 2.77. The van der Waals surface area contributed by atoms with E-state index in [1.54, 1.807) is 0 Å². The van der Waals surface area contributed by atoms with E-state index in [1.807, 2.05) is 12.1 Å². The summed E-state index contributed by atoms with van der Waals surface area (Å²) in [7, 11) is 0. The van der Waals surface area contributed by atoms with Gasteiger partial charge in [0.1, 0.15) is 11.5 Å². The summed E-state index contributed by atoms with van der Waals surface area (Å²) in [5.41, 5.74) is 1.26. The zero-order valence-corrected chi connectivity index (χ0v) is 9.03. The van der Waals surface area contributed by atoms with Crippen LogP contribution in [0, 0.1) is 0 Å². The molecule has 0 unspecified atom stereocenters. The van der Waals surface area contributed by atoms with Crippen molar-refractivity contribution in [2.24, 2.45) is 0 Å². The lowest BCUT2D eigenvalue weighted by Gasteiger charge is -2.24. The zero-order valence-electron chi connectivity index (χ0n) is 9.03. The maximum Gasteiger partial charge on any atom is 0.134 e. The summed E-state index contributed by atoms with van der Waals surface area (Å²) in [4.78, 5) is 10.9. The fraction of sp³-hybridized carbons (Fsp3) is 0.462. The van der Waals surface area contributed by atoms with Crippen LogP contribution < -0.4 is 4.74 Å². The molecular weight excluding hydrogens is 188 g/mol. The topological polar surface area (TPSA) is 26.3 Å². The van der Waals surface area contributed by atoms with Gasteiger partial charge < -0.3 is 4.74 Å². The number of benzene rings is 1. The van der Waals surface area contributed by atoms with Crippen LogP contribution in [0.15, 0.2) is 24.3 Å². The van der Waals surface area contributed by atoms with Gasteiger partial charge in [-0.1, -0.05) is 19.1 Å². The zero-order chi connectivity index (χ0) is 10.7. The highest BCUT2D eigenvalue weighted by Gasteiger charge is 2.27. The van der Waals surface area contributed by atoms with Crippen LogP contribution in [-0.2, 0) is 4.79 Å². The highest BCUT2D eigenvalue weighted by atomic mass is 16.5. The van der Waals surface area contributed by atoms with Crippen LogP contribution in [0.25, 0.3) is 0 Å². The Labute approximate surface area is 90.3 Å². The van der Waals surface area contributed by atoms with Gasteiger partial charge in [-0.2, -0.15) is 0 Å². The third-order valence-electron chi connectivity index (χ3n) is 2.77. The predicted molar refractivity (Wildman–Crippen MR) is 59.2 cm³/mol. The molecule has 0 N–H and O–H groups in total. The van der Waals surface area contributed by atoms with Gasteiger partial charge >= 0.3 is 0 Å². The van der Waals surface area contributed by atoms with Gasteiger partial charge in [0.05, 0.1) is 6.61 Å². The summed E-state index contributed by atoms with van der Waals surface area (Å²) in [5, 5.41) is 0. The van der Waals surface area contributed by atoms with E-state index in [0.717, 1.165) is 31.6 Å². The second kappa shape index (κ2) is 4.47. The van der Waals surface area contributed by atoms with Crippen LogP contribution in [0.5, 0.6) is 5.75 Å². The number of carbonyl (C=O) groups excluding carboxylic acids is 1. The first kappa shape index (κ1) is 10.2. The van der Waals surface area contributed by atoms with Gasteiger partial charge in [-0.3, -0.25) is 4.79 Å². The molecule has 0 heterocycles. The molecule has 0 amide bonds. The standard InChI is InChI=1S/C13H16O2/c1-2-7-15-13-5-3-10(4-6-13)11-8-12(14)9-11/h3-6,11H,2,7-9H2,1H3. The minimum absolute atomic E-state index is 0.381. The highest BCUT2D eigenvalue weighted by molar-refractivity contribution is 5.86. The van der Waals surface area contributed by atoms with Gasteiger partial charge in [0.2, 0.25) is 0 Å². The minimum Gasteiger partial charge on any atom is -0.494 e. The molecule has 2 nitrogen and oxygen atoms in total. The molecule has 1 aromatic rings. The summed E-state index contributed by atoms with van der Waals surface area (Å²) in [6.45, 7) is 2.86. The summed E-state index contributed by atoms with van der Waals surface area (Å²) in [6.07, 6.45) is 2.46. The van der Waals surface area contributed by atoms with Crippen LogP contribution in [0.4, 0.5) is 0 Å². The highest BCUT2D eigenvalue weighted by Crippen LogP contribution is 2.34. The first-order valence-corrected chi connectivity index (χ1v) is 5.54. The van der Waals surface area contributed by atoms with Crippen molar-refractivity contribution in [2.75, 3.05) is 6.61 Å². The number of ether oxygens (including phenoxy) is 1. The summed E-state index contributed by atoms with van der Waals surface area (Å²) >= 11 is 0. The van der Waals surface area contributed by atoms with E-state index >= 15 is 0 Å². The third kappa shape index (κ3) is 2.38. The molecule has 0 spiro atoms. The maximum absolute atomic E-state index is 10.9. The van der Waals surface area contributed by atoms with Gasteiger partial charge in [0.25, 0.3) is 0 Å². The number of carbonyl (C=O) groups is 1. The van der Waals surface area contributed by atoms with E-state index in [9.17, 15) is 4.79 Å². The Kier molecular flexibility index (Phi) is 3.05. The summed E-state index contributed by atoms with van der Waals surface area (Å²) in [5.74, 6) is 1.76. The van der Waals surface area contributed by atoms with E-state index in [4.69, 9.17) is 4.74 Å². The van der Waals surface area contributed by atoms with Crippen LogP contribution in [-0.4, -0.2) is 12.4 Å². The number of Topliss-reactive ketones (excluding diaryl/α,β-unsaturated/α-hetero) is 1. The van der Waals surface area contributed by atoms with Crippen molar-refractivity contribution in [3.05, 3.63) is 29.8 Å². The molecule has 0 radical (unpaired) electrons. The van der Waals surface area contributed by atoms with Crippen LogP contribution in [0.1, 0.15) is 37.7 Å². The summed E-state index contributed by atoms with van der Waals surface area (Å²) in [6, 6.07) is 8.13. The molecule has 2 heteroatoms. The number of rotatable bonds is 4. The molecule has 1 aliphatic rings. The Hall–Kier alpha value is -1.31. The Bertz CT molecular complexity index is 332. The molecule has 0 aromatic heterocycles. The quantitative estimate of drug-likeness (QED) is 0.753. The molecule has 1 aromatic carbocycles. The predicted octanol–water partition coefficient (Wildman–Crippen LogP) is 2.92. The lowest BCUT2D eigenvalue weighted by Crippen LogP contribution is -2.20. The molecule has 0 bridgehead atoms. The van der Waals surface area contributed by atoms with Crippen LogP contribution in [0.3, 0.4) is 0 Å². The van der Waals surface area contributed by atoms with Crippen molar-refractivity contribution in [3.63, 3.8) is 0 Å². The van der Waals surface area contributed by atoms with Gasteiger partial charge in [-0.15, -0.1) is 0 Å². The van der Waals surface area contributed by atoms with Crippen molar-refractivity contribution in [1.29, 1.82) is 0 Å². The first-order valence-electron chi connectivity index (χ1n) is 5.54. The van der Waals surface area contributed by atoms with Crippen LogP contribution in [0.2, 0.25) is 0 Å². The van der Waals surface area contributed by atoms with E-state index in [2.05, 4.69) is 19.1 Å². The second-order valence-corrected chi connectivity index (χ2v) is 4.06. The molecule has 1 saturated carbocycles. The Balaban J connectivity index is 1.95. The average Bonchev–Trinajstić information content (AvgIpc) is 2.23. The number of hydrogen-bond acceptors (Lipinski definition) is 2. The molecule has 0 saturated heterocycles. The lowest BCUT2D eigenvalue weighted by atomic mass is 9.79. The SMILES string of the molecule is CCCOc1ccc(C2CC(=O)C2)cc1. The average molecular weight is 204 g/mol. The molecule has 0 aliphatic heterocycles. The van der Waals surface area contributed by atoms with E-state index in [-0.39, 0.29) is 0 Å². The first-order chi connectivity index (χ1) is 7.29. The molecule has 0 atom stereocenters. The Morgan fingerprint density at radius 2 is 1.93 bits per heavy atom. The van der Waals surface area contributed by atoms with Crippen molar-refractivity contribution in [2.45, 2.75) is 32.1 Å². The smallest absolute Gasteiger partial charge is 0.134 e. The Morgan fingerprint density at radius 3 is 2.47 bits per heavy atom. The molecule has 15 heavy (non-hydrogen) atoms. The summed E-state index contributed by atoms with van der Waals surface area (Å²) < 4.78 is 5.50. The van der Waals surface area contributed by atoms with Gasteiger partial charge in [-0.25, -0.2) is 0 Å². The molecule has 80 valence electrons. The van der Waals surface area contributed by atoms with Gasteiger partial charge in [0, 0.05) is 12.8 Å². The molecule has 1 fully saturated rings. The van der Waals surface area contributed by atoms with Crippen molar-refractivity contribution in [1.82, 2.24) is 0 Å². The molecule has 1 aliphatic carbocycles. The maximum atomic E-state index is 10.9. The Morgan fingerprint density at radius 1 is 1.27 bits per heavy atom. The van der Waals surface area contributed by atoms with Crippen molar-refractivity contribution >= 4 is 5.78 Å². The second-order valence-electron chi connectivity index (χ2n) is 4.06. The van der Waals surface area contributed by atoms with Gasteiger partial charge in [0.15, 0.2) is 0 Å². The van der Waals surface area contributed by atoms with Crippen molar-refractivity contribution in [3.8, 4) is 5.75 Å². The van der Waals surface area contributed by atoms with E-state index < -0.39 is 0 Å². The molecular formula is C13H16O2. The van der Waals surface area contributed by atoms with Crippen LogP contribution >= 0.6 is 0 Å².